The molecule has 0 aromatic carbocycles. The molecule has 2 N–H and O–H groups in total. The molecule has 1 heterocycles. The zero-order chi connectivity index (χ0) is 8.53. The predicted molar refractivity (Wildman–Crippen MR) is 46.4 cm³/mol. The van der Waals surface area contributed by atoms with Crippen molar-refractivity contribution in [1.82, 2.24) is 4.90 Å². The summed E-state index contributed by atoms with van der Waals surface area (Å²) in [7, 11) is 9.75. The summed E-state index contributed by atoms with van der Waals surface area (Å²) in [5.41, 5.74) is 5.37. The van der Waals surface area contributed by atoms with Gasteiger partial charge in [-0.1, -0.05) is 0 Å². The average Bonchev–Trinajstić information content (AvgIpc) is 2.42. The second-order valence-electron chi connectivity index (χ2n) is 2.38. The molecule has 0 spiro atoms. The molecule has 0 amide bonds. The predicted octanol–water partition coefficient (Wildman–Crippen LogP) is 1.42. The molecule has 0 aliphatic carbocycles. The summed E-state index contributed by atoms with van der Waals surface area (Å²) in [6, 6.07) is 0. The molecule has 1 rings (SSSR count). The summed E-state index contributed by atoms with van der Waals surface area (Å²) in [4.78, 5) is 2.42. The second-order valence-corrected chi connectivity index (χ2v) is 5.67. The van der Waals surface area contributed by atoms with Gasteiger partial charge in [0.15, 0.2) is 0 Å². The van der Waals surface area contributed by atoms with Crippen LogP contribution in [0.1, 0.15) is 12.8 Å². The topological polar surface area (TPSA) is 29.3 Å². The van der Waals surface area contributed by atoms with Gasteiger partial charge in [0.2, 0.25) is 0 Å². The van der Waals surface area contributed by atoms with Gasteiger partial charge < -0.3 is 10.6 Å². The van der Waals surface area contributed by atoms with Crippen LogP contribution in [0.5, 0.6) is 0 Å². The van der Waals surface area contributed by atoms with Crippen molar-refractivity contribution in [3.05, 3.63) is 0 Å². The summed E-state index contributed by atoms with van der Waals surface area (Å²) in [6.45, 7) is 4.47. The van der Waals surface area contributed by atoms with Crippen molar-refractivity contribution >= 4 is 18.8 Å². The van der Waals surface area contributed by atoms with E-state index in [1.165, 1.54) is 25.9 Å². The van der Waals surface area contributed by atoms with Gasteiger partial charge in [-0.15, -0.1) is 0 Å². The van der Waals surface area contributed by atoms with E-state index in [9.17, 15) is 0 Å². The van der Waals surface area contributed by atoms with E-state index < -0.39 is 16.5 Å². The van der Waals surface area contributed by atoms with Crippen LogP contribution in [-0.2, 0) is 16.5 Å². The third-order valence-corrected chi connectivity index (χ3v) is 1.64. The number of nitrogens with zero attached hydrogens (tertiary/aromatic N) is 1. The Morgan fingerprint density at radius 1 is 1.27 bits per heavy atom. The van der Waals surface area contributed by atoms with E-state index in [0.717, 1.165) is 13.1 Å². The van der Waals surface area contributed by atoms with Gasteiger partial charge in [0.05, 0.1) is 0 Å². The zero-order valence-corrected chi connectivity index (χ0v) is 10.1. The van der Waals surface area contributed by atoms with Crippen molar-refractivity contribution in [3.63, 3.8) is 0 Å². The first kappa shape index (κ1) is 12.2. The fourth-order valence-electron chi connectivity index (χ4n) is 1.19. The molecule has 0 saturated carbocycles. The SMILES string of the molecule is NCCN1CCCC1.[Cl][Pt][Cl]. The molecule has 0 aromatic rings. The van der Waals surface area contributed by atoms with Gasteiger partial charge in [0.25, 0.3) is 0 Å². The van der Waals surface area contributed by atoms with Crippen LogP contribution in [0.15, 0.2) is 0 Å². The fraction of sp³-hybridized carbons (Fsp3) is 1.00. The summed E-state index contributed by atoms with van der Waals surface area (Å²) in [5, 5.41) is 0. The van der Waals surface area contributed by atoms with Crippen LogP contribution in [-0.4, -0.2) is 31.1 Å². The summed E-state index contributed by atoms with van der Waals surface area (Å²) in [5.74, 6) is 0. The Bertz CT molecular complexity index is 79.0. The van der Waals surface area contributed by atoms with E-state index >= 15 is 0 Å². The molecule has 72 valence electrons. The molecule has 2 nitrogen and oxygen atoms in total. The Morgan fingerprint density at radius 3 is 2.09 bits per heavy atom. The van der Waals surface area contributed by atoms with Gasteiger partial charge in [-0.3, -0.25) is 0 Å². The first-order valence-corrected chi connectivity index (χ1v) is 9.23. The summed E-state index contributed by atoms with van der Waals surface area (Å²) >= 11 is -0.472. The van der Waals surface area contributed by atoms with Gasteiger partial charge >= 0.3 is 35.3 Å². The molecule has 1 saturated heterocycles. The Morgan fingerprint density at radius 2 is 1.73 bits per heavy atom. The maximum atomic E-state index is 5.37. The van der Waals surface area contributed by atoms with Crippen LogP contribution in [0, 0.1) is 0 Å². The number of rotatable bonds is 2. The van der Waals surface area contributed by atoms with Gasteiger partial charge in [-0.2, -0.15) is 0 Å². The fourth-order valence-corrected chi connectivity index (χ4v) is 1.19. The van der Waals surface area contributed by atoms with Crippen LogP contribution in [0.3, 0.4) is 0 Å². The third kappa shape index (κ3) is 7.55. The minimum absolute atomic E-state index is 0.472. The van der Waals surface area contributed by atoms with Crippen LogP contribution >= 0.6 is 18.8 Å². The van der Waals surface area contributed by atoms with Crippen molar-refractivity contribution in [1.29, 1.82) is 0 Å². The molecule has 1 fully saturated rings. The maximum absolute atomic E-state index is 5.37. The van der Waals surface area contributed by atoms with Crippen LogP contribution in [0.25, 0.3) is 0 Å². The van der Waals surface area contributed by atoms with Gasteiger partial charge in [0, 0.05) is 13.1 Å². The van der Waals surface area contributed by atoms with E-state index in [-0.39, 0.29) is 0 Å². The standard InChI is InChI=1S/C6H14N2.2ClH.Pt/c7-3-6-8-4-1-2-5-8;;;/h1-7H2;2*1H;/q;;;+2/p-2. The van der Waals surface area contributed by atoms with Gasteiger partial charge in [-0.25, -0.2) is 0 Å². The number of halogens is 2. The third-order valence-electron chi connectivity index (χ3n) is 1.64. The second kappa shape index (κ2) is 9.28. The van der Waals surface area contributed by atoms with Crippen LogP contribution in [0.2, 0.25) is 0 Å². The number of nitrogens with two attached hydrogens (primary N) is 1. The molecule has 5 heteroatoms. The van der Waals surface area contributed by atoms with Crippen molar-refractivity contribution in [3.8, 4) is 0 Å². The monoisotopic (exact) mass is 379 g/mol. The number of likely N-dealkylation sites (tertiary alicyclic amines) is 1. The van der Waals surface area contributed by atoms with E-state index in [4.69, 9.17) is 24.6 Å². The van der Waals surface area contributed by atoms with Crippen molar-refractivity contribution in [2.24, 2.45) is 5.73 Å². The summed E-state index contributed by atoms with van der Waals surface area (Å²) < 4.78 is 0. The zero-order valence-electron chi connectivity index (χ0n) is 6.34. The minimum atomic E-state index is -0.472. The van der Waals surface area contributed by atoms with Gasteiger partial charge in [0.1, 0.15) is 0 Å². The molecule has 11 heavy (non-hydrogen) atoms. The Labute approximate surface area is 84.8 Å². The quantitative estimate of drug-likeness (QED) is 0.786. The molecule has 0 aromatic heterocycles. The van der Waals surface area contributed by atoms with E-state index in [1.54, 1.807) is 0 Å². The molecule has 0 bridgehead atoms. The van der Waals surface area contributed by atoms with Crippen LogP contribution in [0.4, 0.5) is 0 Å². The van der Waals surface area contributed by atoms with Crippen molar-refractivity contribution < 1.29 is 16.5 Å². The molecular weight excluding hydrogens is 366 g/mol. The number of hydrogen-bond acceptors (Lipinski definition) is 2. The van der Waals surface area contributed by atoms with E-state index in [0.29, 0.717) is 0 Å². The molecule has 0 radical (unpaired) electrons. The normalized spacial score (nSPS) is 18.1. The molecular formula is C6H14Cl2N2Pt. The Balaban J connectivity index is 0.000000292. The van der Waals surface area contributed by atoms with Crippen molar-refractivity contribution in [2.45, 2.75) is 12.8 Å². The molecule has 0 atom stereocenters. The van der Waals surface area contributed by atoms with E-state index in [2.05, 4.69) is 4.90 Å². The Kier molecular flexibility index (Phi) is 10.3. The first-order chi connectivity index (χ1) is 5.35. The summed E-state index contributed by atoms with van der Waals surface area (Å²) in [6.07, 6.45) is 2.75. The van der Waals surface area contributed by atoms with Crippen molar-refractivity contribution in [2.75, 3.05) is 26.2 Å². The van der Waals surface area contributed by atoms with E-state index in [1.807, 2.05) is 0 Å². The average molecular weight is 380 g/mol. The van der Waals surface area contributed by atoms with Crippen LogP contribution < -0.4 is 5.73 Å². The molecule has 1 aliphatic heterocycles. The molecule has 1 aliphatic rings. The van der Waals surface area contributed by atoms with Gasteiger partial charge in [-0.05, 0) is 25.9 Å². The Hall–Kier alpha value is 1.19. The molecule has 0 unspecified atom stereocenters. The number of hydrogen-bond donors (Lipinski definition) is 1. The first-order valence-electron chi connectivity index (χ1n) is 3.60.